The summed E-state index contributed by atoms with van der Waals surface area (Å²) in [6.45, 7) is 0.695. The van der Waals surface area contributed by atoms with Crippen LogP contribution in [0.3, 0.4) is 0 Å². The van der Waals surface area contributed by atoms with Gasteiger partial charge in [-0.05, 0) is 6.07 Å². The van der Waals surface area contributed by atoms with Crippen molar-refractivity contribution in [3.8, 4) is 17.2 Å². The Hall–Kier alpha value is -1.52. The molecule has 0 radical (unpaired) electrons. The van der Waals surface area contributed by atoms with E-state index in [0.717, 1.165) is 12.1 Å². The summed E-state index contributed by atoms with van der Waals surface area (Å²) in [5, 5.41) is 9.22. The van der Waals surface area contributed by atoms with Crippen LogP contribution in [0.25, 0.3) is 0 Å². The molecule has 0 aliphatic carbocycles. The van der Waals surface area contributed by atoms with Crippen LogP contribution in [0, 0.1) is 0 Å². The molecule has 5 heteroatoms. The van der Waals surface area contributed by atoms with Crippen LogP contribution in [0.5, 0.6) is 17.2 Å². The molecule has 0 atom stereocenters. The number of aromatic hydroxyl groups is 1. The molecule has 0 fully saturated rings. The van der Waals surface area contributed by atoms with Crippen molar-refractivity contribution in [3.05, 3.63) is 17.7 Å². The van der Waals surface area contributed by atoms with E-state index in [0.29, 0.717) is 19.0 Å². The van der Waals surface area contributed by atoms with Crippen molar-refractivity contribution in [3.63, 3.8) is 0 Å². The fraction of sp³-hybridized carbons (Fsp3) is 0.333. The first-order valence-electron chi connectivity index (χ1n) is 4.09. The van der Waals surface area contributed by atoms with Crippen molar-refractivity contribution in [1.29, 1.82) is 0 Å². The summed E-state index contributed by atoms with van der Waals surface area (Å²) in [6, 6.07) is 2.25. The molecule has 3 nitrogen and oxygen atoms in total. The minimum atomic E-state index is -2.72. The monoisotopic (exact) mass is 202 g/mol. The lowest BCUT2D eigenvalue weighted by Crippen LogP contribution is -2.15. The highest BCUT2D eigenvalue weighted by molar-refractivity contribution is 5.51. The van der Waals surface area contributed by atoms with Crippen LogP contribution < -0.4 is 9.47 Å². The van der Waals surface area contributed by atoms with Crippen molar-refractivity contribution in [2.24, 2.45) is 0 Å². The van der Waals surface area contributed by atoms with Crippen LogP contribution in [0.15, 0.2) is 12.1 Å². The molecule has 1 aromatic carbocycles. The fourth-order valence-corrected chi connectivity index (χ4v) is 1.27. The van der Waals surface area contributed by atoms with Crippen LogP contribution in [0.2, 0.25) is 0 Å². The van der Waals surface area contributed by atoms with E-state index in [1.807, 2.05) is 0 Å². The molecule has 1 aliphatic heterocycles. The Morgan fingerprint density at radius 2 is 1.71 bits per heavy atom. The van der Waals surface area contributed by atoms with E-state index in [9.17, 15) is 13.9 Å². The lowest BCUT2D eigenvalue weighted by molar-refractivity contribution is 0.142. The SMILES string of the molecule is Oc1cc2c(cc1C(F)F)OCCO2. The van der Waals surface area contributed by atoms with Gasteiger partial charge in [-0.3, -0.25) is 0 Å². The Morgan fingerprint density at radius 1 is 1.14 bits per heavy atom. The summed E-state index contributed by atoms with van der Waals surface area (Å²) in [5.41, 5.74) is -0.436. The Bertz CT molecular complexity index is 352. The summed E-state index contributed by atoms with van der Waals surface area (Å²) >= 11 is 0. The number of rotatable bonds is 1. The predicted molar refractivity (Wildman–Crippen MR) is 44.1 cm³/mol. The number of phenols is 1. The van der Waals surface area contributed by atoms with E-state index >= 15 is 0 Å². The first kappa shape index (κ1) is 9.05. The molecule has 2 rings (SSSR count). The van der Waals surface area contributed by atoms with Crippen LogP contribution in [-0.4, -0.2) is 18.3 Å². The third-order valence-electron chi connectivity index (χ3n) is 1.93. The van der Waals surface area contributed by atoms with Gasteiger partial charge in [0.15, 0.2) is 11.5 Å². The molecule has 0 unspecified atom stereocenters. The second-order valence-corrected chi connectivity index (χ2v) is 2.86. The van der Waals surface area contributed by atoms with Crippen LogP contribution in [-0.2, 0) is 0 Å². The van der Waals surface area contributed by atoms with E-state index < -0.39 is 17.7 Å². The zero-order chi connectivity index (χ0) is 10.1. The molecule has 76 valence electrons. The standard InChI is InChI=1S/C9H8F2O3/c10-9(11)5-3-7-8(4-6(5)12)14-2-1-13-7/h3-4,9,12H,1-2H2. The number of halogens is 2. The predicted octanol–water partition coefficient (Wildman–Crippen LogP) is 2.10. The number of benzene rings is 1. The highest BCUT2D eigenvalue weighted by atomic mass is 19.3. The molecule has 0 aromatic heterocycles. The summed E-state index contributed by atoms with van der Waals surface area (Å²) < 4.78 is 34.9. The van der Waals surface area contributed by atoms with Gasteiger partial charge in [0.2, 0.25) is 0 Å². The molecule has 0 amide bonds. The summed E-state index contributed by atoms with van der Waals surface area (Å²) in [5.74, 6) is 0.0896. The van der Waals surface area contributed by atoms with Gasteiger partial charge in [0.05, 0.1) is 5.56 Å². The van der Waals surface area contributed by atoms with Gasteiger partial charge in [-0.15, -0.1) is 0 Å². The minimum absolute atomic E-state index is 0.254. The molecule has 1 aliphatic rings. The van der Waals surface area contributed by atoms with E-state index in [1.54, 1.807) is 0 Å². The molecule has 1 heterocycles. The maximum absolute atomic E-state index is 12.3. The zero-order valence-electron chi connectivity index (χ0n) is 7.17. The van der Waals surface area contributed by atoms with Crippen molar-refractivity contribution in [2.75, 3.05) is 13.2 Å². The summed E-state index contributed by atoms with van der Waals surface area (Å²) in [4.78, 5) is 0. The first-order chi connectivity index (χ1) is 6.68. The number of hydrogen-bond acceptors (Lipinski definition) is 3. The van der Waals surface area contributed by atoms with Gasteiger partial charge in [-0.1, -0.05) is 0 Å². The van der Waals surface area contributed by atoms with E-state index in [4.69, 9.17) is 9.47 Å². The smallest absolute Gasteiger partial charge is 0.267 e. The molecule has 0 saturated carbocycles. The average Bonchev–Trinajstić information content (AvgIpc) is 2.16. The average molecular weight is 202 g/mol. The van der Waals surface area contributed by atoms with Gasteiger partial charge >= 0.3 is 0 Å². The van der Waals surface area contributed by atoms with E-state index in [1.165, 1.54) is 0 Å². The maximum Gasteiger partial charge on any atom is 0.267 e. The van der Waals surface area contributed by atoms with Gasteiger partial charge < -0.3 is 14.6 Å². The van der Waals surface area contributed by atoms with Gasteiger partial charge in [0.1, 0.15) is 19.0 Å². The first-order valence-corrected chi connectivity index (χ1v) is 4.09. The lowest BCUT2D eigenvalue weighted by Gasteiger charge is -2.19. The molecule has 14 heavy (non-hydrogen) atoms. The van der Waals surface area contributed by atoms with Crippen LogP contribution in [0.1, 0.15) is 12.0 Å². The molecule has 1 aromatic rings. The van der Waals surface area contributed by atoms with Gasteiger partial charge in [0, 0.05) is 6.07 Å². The second kappa shape index (κ2) is 3.32. The number of ether oxygens (including phenoxy) is 2. The normalized spacial score (nSPS) is 14.5. The topological polar surface area (TPSA) is 38.7 Å². The number of hydrogen-bond donors (Lipinski definition) is 1. The van der Waals surface area contributed by atoms with Crippen LogP contribution >= 0.6 is 0 Å². The van der Waals surface area contributed by atoms with Gasteiger partial charge in [0.25, 0.3) is 6.43 Å². The van der Waals surface area contributed by atoms with Crippen molar-refractivity contribution < 1.29 is 23.4 Å². The molecule has 0 bridgehead atoms. The maximum atomic E-state index is 12.3. The van der Waals surface area contributed by atoms with Crippen LogP contribution in [0.4, 0.5) is 8.78 Å². The largest absolute Gasteiger partial charge is 0.507 e. The van der Waals surface area contributed by atoms with Crippen molar-refractivity contribution in [2.45, 2.75) is 6.43 Å². The molecule has 0 saturated heterocycles. The summed E-state index contributed by atoms with van der Waals surface area (Å²) in [6.07, 6.45) is -2.72. The fourth-order valence-electron chi connectivity index (χ4n) is 1.27. The Kier molecular flexibility index (Phi) is 2.15. The van der Waals surface area contributed by atoms with Gasteiger partial charge in [-0.2, -0.15) is 0 Å². The van der Waals surface area contributed by atoms with E-state index in [-0.39, 0.29) is 5.75 Å². The zero-order valence-corrected chi connectivity index (χ0v) is 7.17. The number of alkyl halides is 2. The van der Waals surface area contributed by atoms with Crippen molar-refractivity contribution in [1.82, 2.24) is 0 Å². The Balaban J connectivity index is 2.45. The Morgan fingerprint density at radius 3 is 2.29 bits per heavy atom. The molecular weight excluding hydrogens is 194 g/mol. The number of fused-ring (bicyclic) bond motifs is 1. The van der Waals surface area contributed by atoms with Gasteiger partial charge in [-0.25, -0.2) is 8.78 Å². The third kappa shape index (κ3) is 1.45. The molecular formula is C9H8F2O3. The third-order valence-corrected chi connectivity index (χ3v) is 1.93. The highest BCUT2D eigenvalue weighted by Gasteiger charge is 2.20. The quantitative estimate of drug-likeness (QED) is 0.757. The second-order valence-electron chi connectivity index (χ2n) is 2.86. The molecule has 0 spiro atoms. The summed E-state index contributed by atoms with van der Waals surface area (Å²) in [7, 11) is 0. The highest BCUT2D eigenvalue weighted by Crippen LogP contribution is 2.39. The lowest BCUT2D eigenvalue weighted by atomic mass is 10.2. The van der Waals surface area contributed by atoms with Crippen molar-refractivity contribution >= 4 is 0 Å². The Labute approximate surface area is 78.9 Å². The minimum Gasteiger partial charge on any atom is -0.507 e. The van der Waals surface area contributed by atoms with E-state index in [2.05, 4.69) is 0 Å². The number of phenolic OH excluding ortho intramolecular Hbond substituents is 1. The molecule has 1 N–H and O–H groups in total.